The van der Waals surface area contributed by atoms with Crippen LogP contribution in [0.15, 0.2) is 48.5 Å². The van der Waals surface area contributed by atoms with Crippen LogP contribution < -0.4 is 4.74 Å². The number of halogens is 1. The fourth-order valence-corrected chi connectivity index (χ4v) is 2.34. The Bertz CT molecular complexity index is 698. The average molecular weight is 349 g/mol. The molecule has 0 radical (unpaired) electrons. The van der Waals surface area contributed by atoms with Crippen LogP contribution >= 0.6 is 11.6 Å². The standard InChI is InChI=1S/C18H17ClO5/c19-14-6-4-12(5-7-14)8-9-24-15-3-1-2-13(10-15)11-16(17(20)21)18(22)23/h1-7,10,16H,8-9,11H2,(H,20,21)(H,22,23). The molecule has 126 valence electrons. The fraction of sp³-hybridized carbons (Fsp3) is 0.222. The van der Waals surface area contributed by atoms with Gasteiger partial charge in [-0.3, -0.25) is 9.59 Å². The normalized spacial score (nSPS) is 10.6. The van der Waals surface area contributed by atoms with Crippen molar-refractivity contribution in [3.8, 4) is 5.75 Å². The summed E-state index contributed by atoms with van der Waals surface area (Å²) in [4.78, 5) is 21.9. The number of ether oxygens (including phenoxy) is 1. The zero-order valence-corrected chi connectivity index (χ0v) is 13.6. The first-order valence-electron chi connectivity index (χ1n) is 7.37. The Morgan fingerprint density at radius 2 is 1.67 bits per heavy atom. The summed E-state index contributed by atoms with van der Waals surface area (Å²) in [5, 5.41) is 18.6. The molecule has 0 heterocycles. The van der Waals surface area contributed by atoms with Crippen LogP contribution in [0.2, 0.25) is 5.02 Å². The Labute approximate surface area is 144 Å². The number of hydrogen-bond donors (Lipinski definition) is 2. The van der Waals surface area contributed by atoms with Gasteiger partial charge in [-0.2, -0.15) is 0 Å². The highest BCUT2D eigenvalue weighted by atomic mass is 35.5. The number of carbonyl (C=O) groups is 2. The van der Waals surface area contributed by atoms with Crippen molar-refractivity contribution in [3.05, 3.63) is 64.7 Å². The molecular formula is C18H17ClO5. The molecule has 2 aromatic rings. The summed E-state index contributed by atoms with van der Waals surface area (Å²) < 4.78 is 5.66. The van der Waals surface area contributed by atoms with Crippen LogP contribution in [0.4, 0.5) is 0 Å². The number of carboxylic acid groups (broad SMARTS) is 2. The maximum Gasteiger partial charge on any atom is 0.318 e. The third-order valence-corrected chi connectivity index (χ3v) is 3.76. The van der Waals surface area contributed by atoms with Gasteiger partial charge in [0.1, 0.15) is 5.75 Å². The average Bonchev–Trinajstić information content (AvgIpc) is 2.54. The highest BCUT2D eigenvalue weighted by Crippen LogP contribution is 2.18. The molecule has 0 aliphatic rings. The smallest absolute Gasteiger partial charge is 0.318 e. The number of hydrogen-bond acceptors (Lipinski definition) is 3. The van der Waals surface area contributed by atoms with Crippen molar-refractivity contribution >= 4 is 23.5 Å². The topological polar surface area (TPSA) is 83.8 Å². The van der Waals surface area contributed by atoms with E-state index in [4.69, 9.17) is 26.6 Å². The molecule has 0 aliphatic heterocycles. The van der Waals surface area contributed by atoms with Crippen molar-refractivity contribution in [2.75, 3.05) is 6.61 Å². The van der Waals surface area contributed by atoms with E-state index in [1.165, 1.54) is 0 Å². The van der Waals surface area contributed by atoms with E-state index in [-0.39, 0.29) is 6.42 Å². The molecule has 5 nitrogen and oxygen atoms in total. The molecule has 0 unspecified atom stereocenters. The zero-order valence-electron chi connectivity index (χ0n) is 12.8. The minimum atomic E-state index is -1.46. The Morgan fingerprint density at radius 1 is 1.00 bits per heavy atom. The summed E-state index contributed by atoms with van der Waals surface area (Å²) in [5.41, 5.74) is 1.70. The maximum atomic E-state index is 11.0. The molecule has 0 saturated carbocycles. The van der Waals surface area contributed by atoms with Gasteiger partial charge in [0.15, 0.2) is 5.92 Å². The Morgan fingerprint density at radius 3 is 2.29 bits per heavy atom. The number of aliphatic carboxylic acids is 2. The molecule has 0 atom stereocenters. The molecule has 0 aromatic heterocycles. The van der Waals surface area contributed by atoms with Crippen molar-refractivity contribution in [2.24, 2.45) is 5.92 Å². The highest BCUT2D eigenvalue weighted by molar-refractivity contribution is 6.30. The second-order valence-corrected chi connectivity index (χ2v) is 5.74. The van der Waals surface area contributed by atoms with Gasteiger partial charge in [0, 0.05) is 11.4 Å². The highest BCUT2D eigenvalue weighted by Gasteiger charge is 2.25. The Balaban J connectivity index is 1.93. The lowest BCUT2D eigenvalue weighted by atomic mass is 9.99. The number of benzene rings is 2. The van der Waals surface area contributed by atoms with E-state index in [2.05, 4.69) is 0 Å². The van der Waals surface area contributed by atoms with Gasteiger partial charge in [0.25, 0.3) is 0 Å². The molecule has 0 amide bonds. The van der Waals surface area contributed by atoms with Crippen LogP contribution in [-0.2, 0) is 22.4 Å². The van der Waals surface area contributed by atoms with Crippen LogP contribution in [0.3, 0.4) is 0 Å². The van der Waals surface area contributed by atoms with Crippen LogP contribution in [0, 0.1) is 5.92 Å². The zero-order chi connectivity index (χ0) is 17.5. The maximum absolute atomic E-state index is 11.0. The van der Waals surface area contributed by atoms with Crippen molar-refractivity contribution < 1.29 is 24.5 Å². The summed E-state index contributed by atoms with van der Waals surface area (Å²) in [6.45, 7) is 0.451. The first-order valence-corrected chi connectivity index (χ1v) is 7.75. The monoisotopic (exact) mass is 348 g/mol. The molecule has 0 fully saturated rings. The van der Waals surface area contributed by atoms with E-state index in [1.54, 1.807) is 24.3 Å². The van der Waals surface area contributed by atoms with Crippen molar-refractivity contribution in [3.63, 3.8) is 0 Å². The van der Waals surface area contributed by atoms with E-state index in [0.29, 0.717) is 29.4 Å². The molecule has 2 N–H and O–H groups in total. The van der Waals surface area contributed by atoms with Gasteiger partial charge in [-0.1, -0.05) is 35.9 Å². The van der Waals surface area contributed by atoms with Crippen LogP contribution in [0.5, 0.6) is 5.75 Å². The quantitative estimate of drug-likeness (QED) is 0.715. The summed E-state index contributed by atoms with van der Waals surface area (Å²) >= 11 is 5.83. The molecule has 0 saturated heterocycles. The molecule has 24 heavy (non-hydrogen) atoms. The molecule has 0 bridgehead atoms. The van der Waals surface area contributed by atoms with E-state index in [0.717, 1.165) is 5.56 Å². The molecule has 6 heteroatoms. The number of rotatable bonds is 8. The molecule has 2 rings (SSSR count). The third-order valence-electron chi connectivity index (χ3n) is 3.51. The summed E-state index contributed by atoms with van der Waals surface area (Å²) in [6, 6.07) is 14.3. The van der Waals surface area contributed by atoms with Crippen molar-refractivity contribution in [2.45, 2.75) is 12.8 Å². The van der Waals surface area contributed by atoms with Gasteiger partial charge in [-0.15, -0.1) is 0 Å². The largest absolute Gasteiger partial charge is 0.493 e. The van der Waals surface area contributed by atoms with E-state index >= 15 is 0 Å². The first-order chi connectivity index (χ1) is 11.5. The van der Waals surface area contributed by atoms with Gasteiger partial charge in [0.2, 0.25) is 0 Å². The van der Waals surface area contributed by atoms with E-state index in [1.807, 2.05) is 24.3 Å². The Kier molecular flexibility index (Phi) is 6.21. The second kappa shape index (κ2) is 8.36. The number of carboxylic acids is 2. The van der Waals surface area contributed by atoms with Crippen molar-refractivity contribution in [1.29, 1.82) is 0 Å². The van der Waals surface area contributed by atoms with Gasteiger partial charge in [-0.25, -0.2) is 0 Å². The lowest BCUT2D eigenvalue weighted by molar-refractivity contribution is -0.154. The van der Waals surface area contributed by atoms with E-state index < -0.39 is 17.9 Å². The van der Waals surface area contributed by atoms with E-state index in [9.17, 15) is 9.59 Å². The minimum absolute atomic E-state index is 0.0843. The third kappa shape index (κ3) is 5.28. The van der Waals surface area contributed by atoms with Crippen LogP contribution in [0.1, 0.15) is 11.1 Å². The molecule has 0 spiro atoms. The van der Waals surface area contributed by atoms with Crippen LogP contribution in [-0.4, -0.2) is 28.8 Å². The summed E-state index contributed by atoms with van der Waals surface area (Å²) in [6.07, 6.45) is 0.618. The van der Waals surface area contributed by atoms with Gasteiger partial charge >= 0.3 is 11.9 Å². The second-order valence-electron chi connectivity index (χ2n) is 5.31. The SMILES string of the molecule is O=C(O)C(Cc1cccc(OCCc2ccc(Cl)cc2)c1)C(=O)O. The fourth-order valence-electron chi connectivity index (χ4n) is 2.22. The molecule has 0 aliphatic carbocycles. The first kappa shape index (κ1) is 17.8. The predicted octanol–water partition coefficient (Wildman–Crippen LogP) is 3.29. The lowest BCUT2D eigenvalue weighted by Gasteiger charge is -2.10. The van der Waals surface area contributed by atoms with Gasteiger partial charge < -0.3 is 14.9 Å². The molecule has 2 aromatic carbocycles. The minimum Gasteiger partial charge on any atom is -0.493 e. The summed E-state index contributed by atoms with van der Waals surface area (Å²) in [7, 11) is 0. The predicted molar refractivity (Wildman–Crippen MR) is 89.6 cm³/mol. The van der Waals surface area contributed by atoms with Crippen molar-refractivity contribution in [1.82, 2.24) is 0 Å². The molecular weight excluding hydrogens is 332 g/mol. The summed E-state index contributed by atoms with van der Waals surface area (Å²) in [5.74, 6) is -3.58. The van der Waals surface area contributed by atoms with Crippen LogP contribution in [0.25, 0.3) is 0 Å². The lowest BCUT2D eigenvalue weighted by Crippen LogP contribution is -2.25. The Hall–Kier alpha value is -2.53. The van der Waals surface area contributed by atoms with Gasteiger partial charge in [-0.05, 0) is 41.8 Å². The van der Waals surface area contributed by atoms with Gasteiger partial charge in [0.05, 0.1) is 6.61 Å².